The van der Waals surface area contributed by atoms with Crippen molar-refractivity contribution in [3.05, 3.63) is 34.9 Å². The molecule has 0 amide bonds. The maximum atomic E-state index is 6.29. The third-order valence-electron chi connectivity index (χ3n) is 4.44. The summed E-state index contributed by atoms with van der Waals surface area (Å²) in [6, 6.07) is 8.59. The van der Waals surface area contributed by atoms with E-state index in [9.17, 15) is 0 Å². The van der Waals surface area contributed by atoms with Gasteiger partial charge in [0.2, 0.25) is 0 Å². The number of hydrogen-bond donors (Lipinski definition) is 1. The van der Waals surface area contributed by atoms with Gasteiger partial charge in [0.1, 0.15) is 0 Å². The van der Waals surface area contributed by atoms with Gasteiger partial charge in [-0.1, -0.05) is 37.6 Å². The maximum absolute atomic E-state index is 6.29. The number of benzene rings is 1. The summed E-state index contributed by atoms with van der Waals surface area (Å²) in [5.74, 6) is 2.26. The van der Waals surface area contributed by atoms with Crippen molar-refractivity contribution < 1.29 is 0 Å². The Labute approximate surface area is 116 Å². The molecule has 2 heteroatoms. The van der Waals surface area contributed by atoms with Crippen molar-refractivity contribution in [1.29, 1.82) is 0 Å². The summed E-state index contributed by atoms with van der Waals surface area (Å²) in [6.45, 7) is 4.67. The van der Waals surface area contributed by atoms with Crippen LogP contribution in [-0.4, -0.2) is 6.04 Å². The lowest BCUT2D eigenvalue weighted by Crippen LogP contribution is -2.38. The highest BCUT2D eigenvalue weighted by molar-refractivity contribution is 6.30. The van der Waals surface area contributed by atoms with Crippen LogP contribution in [0.4, 0.5) is 0 Å². The highest BCUT2D eigenvalue weighted by Crippen LogP contribution is 2.34. The third kappa shape index (κ3) is 3.49. The van der Waals surface area contributed by atoms with Crippen LogP contribution in [0.15, 0.2) is 24.3 Å². The van der Waals surface area contributed by atoms with Crippen LogP contribution in [0, 0.1) is 17.8 Å². The molecule has 1 fully saturated rings. The molecule has 0 heterocycles. The van der Waals surface area contributed by atoms with Crippen molar-refractivity contribution in [3.8, 4) is 0 Å². The van der Waals surface area contributed by atoms with Gasteiger partial charge in [0, 0.05) is 11.1 Å². The number of halogens is 1. The van der Waals surface area contributed by atoms with Crippen molar-refractivity contribution in [2.24, 2.45) is 23.5 Å². The van der Waals surface area contributed by atoms with Gasteiger partial charge >= 0.3 is 0 Å². The van der Waals surface area contributed by atoms with Crippen LogP contribution in [0.3, 0.4) is 0 Å². The fourth-order valence-electron chi connectivity index (χ4n) is 3.09. The van der Waals surface area contributed by atoms with Crippen LogP contribution in [0.5, 0.6) is 0 Å². The molecular formula is C16H24ClN. The summed E-state index contributed by atoms with van der Waals surface area (Å²) in [4.78, 5) is 0. The van der Waals surface area contributed by atoms with Gasteiger partial charge in [-0.05, 0) is 61.1 Å². The van der Waals surface area contributed by atoms with E-state index in [1.165, 1.54) is 24.8 Å². The van der Waals surface area contributed by atoms with Crippen molar-refractivity contribution in [2.45, 2.75) is 45.6 Å². The van der Waals surface area contributed by atoms with Gasteiger partial charge in [-0.3, -0.25) is 0 Å². The summed E-state index contributed by atoms with van der Waals surface area (Å²) >= 11 is 5.92. The summed E-state index contributed by atoms with van der Waals surface area (Å²) in [5, 5.41) is 0.812. The fourth-order valence-corrected chi connectivity index (χ4v) is 3.21. The van der Waals surface area contributed by atoms with Crippen LogP contribution in [0.2, 0.25) is 5.02 Å². The molecule has 3 atom stereocenters. The normalized spacial score (nSPS) is 28.6. The summed E-state index contributed by atoms with van der Waals surface area (Å²) in [7, 11) is 0. The van der Waals surface area contributed by atoms with E-state index in [0.717, 1.165) is 23.3 Å². The van der Waals surface area contributed by atoms with Gasteiger partial charge in [0.05, 0.1) is 0 Å². The van der Waals surface area contributed by atoms with Crippen molar-refractivity contribution in [3.63, 3.8) is 0 Å². The van der Waals surface area contributed by atoms with Crippen molar-refractivity contribution in [1.82, 2.24) is 0 Å². The standard InChI is InChI=1S/C16H24ClN/c1-11(2)13-5-8-16(18)14(10-13)9-12-3-6-15(17)7-4-12/h3-4,6-7,11,13-14,16H,5,8-10,18H2,1-2H3/t13-,14+,16+/m0/s1. The quantitative estimate of drug-likeness (QED) is 0.867. The van der Waals surface area contributed by atoms with E-state index in [1.54, 1.807) is 0 Å². The zero-order chi connectivity index (χ0) is 13.1. The van der Waals surface area contributed by atoms with E-state index in [-0.39, 0.29) is 0 Å². The molecule has 0 unspecified atom stereocenters. The van der Waals surface area contributed by atoms with E-state index >= 15 is 0 Å². The maximum Gasteiger partial charge on any atom is 0.0406 e. The molecule has 100 valence electrons. The molecule has 0 aromatic heterocycles. The van der Waals surface area contributed by atoms with Crippen LogP contribution < -0.4 is 5.73 Å². The van der Waals surface area contributed by atoms with Gasteiger partial charge in [0.15, 0.2) is 0 Å². The first kappa shape index (κ1) is 13.9. The Bertz CT molecular complexity index is 371. The van der Waals surface area contributed by atoms with E-state index in [0.29, 0.717) is 12.0 Å². The highest BCUT2D eigenvalue weighted by Gasteiger charge is 2.29. The molecule has 1 saturated carbocycles. The Morgan fingerprint density at radius 2 is 1.89 bits per heavy atom. The Balaban J connectivity index is 2.00. The molecule has 1 aliphatic rings. The Kier molecular flexibility index (Phi) is 4.69. The molecule has 1 aromatic carbocycles. The van der Waals surface area contributed by atoms with Gasteiger partial charge in [-0.2, -0.15) is 0 Å². The summed E-state index contributed by atoms with van der Waals surface area (Å²) in [5.41, 5.74) is 7.66. The van der Waals surface area contributed by atoms with Crippen LogP contribution in [0.25, 0.3) is 0 Å². The highest BCUT2D eigenvalue weighted by atomic mass is 35.5. The molecule has 0 aliphatic heterocycles. The smallest absolute Gasteiger partial charge is 0.0406 e. The number of rotatable bonds is 3. The second-order valence-electron chi connectivity index (χ2n) is 6.07. The van der Waals surface area contributed by atoms with E-state index in [4.69, 9.17) is 17.3 Å². The first-order valence-electron chi connectivity index (χ1n) is 7.06. The first-order chi connectivity index (χ1) is 8.56. The molecule has 1 aliphatic carbocycles. The fraction of sp³-hybridized carbons (Fsp3) is 0.625. The number of hydrogen-bond acceptors (Lipinski definition) is 1. The lowest BCUT2D eigenvalue weighted by molar-refractivity contribution is 0.189. The van der Waals surface area contributed by atoms with Gasteiger partial charge in [-0.15, -0.1) is 0 Å². The minimum atomic E-state index is 0.371. The van der Waals surface area contributed by atoms with Crippen LogP contribution in [-0.2, 0) is 6.42 Å². The lowest BCUT2D eigenvalue weighted by atomic mass is 9.72. The second-order valence-corrected chi connectivity index (χ2v) is 6.51. The predicted octanol–water partition coefficient (Wildman–Crippen LogP) is 4.28. The first-order valence-corrected chi connectivity index (χ1v) is 7.44. The molecule has 0 saturated heterocycles. The minimum absolute atomic E-state index is 0.371. The largest absolute Gasteiger partial charge is 0.327 e. The van der Waals surface area contributed by atoms with E-state index < -0.39 is 0 Å². The summed E-state index contributed by atoms with van der Waals surface area (Å²) in [6.07, 6.45) is 4.86. The monoisotopic (exact) mass is 265 g/mol. The second kappa shape index (κ2) is 6.08. The molecule has 2 rings (SSSR count). The Morgan fingerprint density at radius 1 is 1.22 bits per heavy atom. The lowest BCUT2D eigenvalue weighted by Gasteiger charge is -2.36. The molecule has 1 nitrogen and oxygen atoms in total. The predicted molar refractivity (Wildman–Crippen MR) is 78.8 cm³/mol. The molecule has 18 heavy (non-hydrogen) atoms. The van der Waals surface area contributed by atoms with Gasteiger partial charge < -0.3 is 5.73 Å². The third-order valence-corrected chi connectivity index (χ3v) is 4.69. The molecule has 0 spiro atoms. The van der Waals surface area contributed by atoms with Gasteiger partial charge in [0.25, 0.3) is 0 Å². The van der Waals surface area contributed by atoms with E-state index in [2.05, 4.69) is 26.0 Å². The summed E-state index contributed by atoms with van der Waals surface area (Å²) < 4.78 is 0. The van der Waals surface area contributed by atoms with E-state index in [1.807, 2.05) is 12.1 Å². The molecule has 2 N–H and O–H groups in total. The molecular weight excluding hydrogens is 242 g/mol. The Hall–Kier alpha value is -0.530. The van der Waals surface area contributed by atoms with Crippen LogP contribution >= 0.6 is 11.6 Å². The zero-order valence-corrected chi connectivity index (χ0v) is 12.2. The molecule has 0 bridgehead atoms. The molecule has 0 radical (unpaired) electrons. The topological polar surface area (TPSA) is 26.0 Å². The van der Waals surface area contributed by atoms with Crippen molar-refractivity contribution in [2.75, 3.05) is 0 Å². The van der Waals surface area contributed by atoms with Crippen LogP contribution in [0.1, 0.15) is 38.7 Å². The average Bonchev–Trinajstić information content (AvgIpc) is 2.34. The average molecular weight is 266 g/mol. The molecule has 1 aromatic rings. The zero-order valence-electron chi connectivity index (χ0n) is 11.4. The number of nitrogens with two attached hydrogens (primary N) is 1. The Morgan fingerprint density at radius 3 is 2.50 bits per heavy atom. The van der Waals surface area contributed by atoms with Gasteiger partial charge in [-0.25, -0.2) is 0 Å². The SMILES string of the molecule is CC(C)[C@H]1CC[C@@H](N)[C@H](Cc2ccc(Cl)cc2)C1. The van der Waals surface area contributed by atoms with Crippen molar-refractivity contribution >= 4 is 11.6 Å². The minimum Gasteiger partial charge on any atom is -0.327 e.